The number of aromatic nitrogens is 2. The summed E-state index contributed by atoms with van der Waals surface area (Å²) in [5.41, 5.74) is 0. The number of carbonyl (C=O) groups is 1. The lowest BCUT2D eigenvalue weighted by molar-refractivity contribution is -0.137. The van der Waals surface area contributed by atoms with E-state index in [0.717, 1.165) is 0 Å². The van der Waals surface area contributed by atoms with Crippen molar-refractivity contribution in [2.24, 2.45) is 0 Å². The van der Waals surface area contributed by atoms with Gasteiger partial charge in [0, 0.05) is 12.4 Å². The highest BCUT2D eigenvalue weighted by Gasteiger charge is 2.09. The van der Waals surface area contributed by atoms with Gasteiger partial charge < -0.3 is 10.4 Å². The molecule has 0 spiro atoms. The van der Waals surface area contributed by atoms with E-state index in [-0.39, 0.29) is 0 Å². The second-order valence-corrected chi connectivity index (χ2v) is 2.29. The van der Waals surface area contributed by atoms with E-state index in [0.29, 0.717) is 5.82 Å². The summed E-state index contributed by atoms with van der Waals surface area (Å²) in [4.78, 5) is 18.0. The Labute approximate surface area is 69.5 Å². The van der Waals surface area contributed by atoms with Crippen LogP contribution in [0.2, 0.25) is 0 Å². The van der Waals surface area contributed by atoms with Crippen LogP contribution in [0.15, 0.2) is 18.6 Å². The monoisotopic (exact) mass is 167 g/mol. The van der Waals surface area contributed by atoms with Crippen molar-refractivity contribution in [3.63, 3.8) is 0 Å². The molecule has 0 fully saturated rings. The standard InChI is InChI=1S/C7H9N3O2/c1-5(7(11)12)10-6-4-8-2-3-9-6/h2-5H,1H3,(H,9,10)(H,11,12)/t5-/m0/s1. The van der Waals surface area contributed by atoms with Crippen molar-refractivity contribution in [2.75, 3.05) is 5.32 Å². The van der Waals surface area contributed by atoms with E-state index in [9.17, 15) is 4.79 Å². The molecule has 12 heavy (non-hydrogen) atoms. The first-order valence-electron chi connectivity index (χ1n) is 3.45. The second kappa shape index (κ2) is 3.66. The van der Waals surface area contributed by atoms with Crippen molar-refractivity contribution < 1.29 is 9.90 Å². The molecular weight excluding hydrogens is 158 g/mol. The lowest BCUT2D eigenvalue weighted by Gasteiger charge is -2.07. The van der Waals surface area contributed by atoms with Gasteiger partial charge in [0.1, 0.15) is 11.9 Å². The average molecular weight is 167 g/mol. The van der Waals surface area contributed by atoms with Gasteiger partial charge in [0.05, 0.1) is 6.20 Å². The summed E-state index contributed by atoms with van der Waals surface area (Å²) in [6.45, 7) is 1.54. The lowest BCUT2D eigenvalue weighted by atomic mass is 10.3. The number of hydrogen-bond acceptors (Lipinski definition) is 4. The largest absolute Gasteiger partial charge is 0.480 e. The van der Waals surface area contributed by atoms with E-state index in [1.54, 1.807) is 0 Å². The Hall–Kier alpha value is -1.65. The van der Waals surface area contributed by atoms with Crippen molar-refractivity contribution in [1.29, 1.82) is 0 Å². The molecule has 0 amide bonds. The van der Waals surface area contributed by atoms with Crippen LogP contribution in [-0.2, 0) is 4.79 Å². The topological polar surface area (TPSA) is 75.1 Å². The van der Waals surface area contributed by atoms with Crippen LogP contribution in [0.1, 0.15) is 6.92 Å². The third kappa shape index (κ3) is 2.19. The molecule has 1 atom stereocenters. The number of nitrogens with one attached hydrogen (secondary N) is 1. The summed E-state index contributed by atoms with van der Waals surface area (Å²) in [6, 6.07) is -0.651. The second-order valence-electron chi connectivity index (χ2n) is 2.29. The zero-order valence-electron chi connectivity index (χ0n) is 6.56. The number of aliphatic carboxylic acids is 1. The maximum atomic E-state index is 10.4. The van der Waals surface area contributed by atoms with Gasteiger partial charge >= 0.3 is 5.97 Å². The van der Waals surface area contributed by atoms with Crippen molar-refractivity contribution in [3.05, 3.63) is 18.6 Å². The molecule has 64 valence electrons. The Kier molecular flexibility index (Phi) is 2.57. The van der Waals surface area contributed by atoms with Crippen LogP contribution in [0.3, 0.4) is 0 Å². The molecular formula is C7H9N3O2. The van der Waals surface area contributed by atoms with Crippen LogP contribution in [0.4, 0.5) is 5.82 Å². The van der Waals surface area contributed by atoms with E-state index in [1.165, 1.54) is 25.5 Å². The first-order valence-corrected chi connectivity index (χ1v) is 3.45. The smallest absolute Gasteiger partial charge is 0.325 e. The first-order chi connectivity index (χ1) is 5.70. The van der Waals surface area contributed by atoms with Gasteiger partial charge in [-0.25, -0.2) is 4.98 Å². The summed E-state index contributed by atoms with van der Waals surface area (Å²) < 4.78 is 0. The van der Waals surface area contributed by atoms with Crippen molar-refractivity contribution in [2.45, 2.75) is 13.0 Å². The molecule has 1 aromatic heterocycles. The quantitative estimate of drug-likeness (QED) is 0.679. The average Bonchev–Trinajstić information content (AvgIpc) is 2.06. The molecule has 0 saturated carbocycles. The summed E-state index contributed by atoms with van der Waals surface area (Å²) >= 11 is 0. The Bertz CT molecular complexity index is 263. The van der Waals surface area contributed by atoms with Crippen LogP contribution in [0, 0.1) is 0 Å². The van der Waals surface area contributed by atoms with Crippen molar-refractivity contribution in [1.82, 2.24) is 9.97 Å². The third-order valence-corrected chi connectivity index (χ3v) is 1.30. The van der Waals surface area contributed by atoms with E-state index in [2.05, 4.69) is 15.3 Å². The van der Waals surface area contributed by atoms with E-state index in [1.807, 2.05) is 0 Å². The molecule has 5 nitrogen and oxygen atoms in total. The molecule has 1 aromatic rings. The molecule has 0 saturated heterocycles. The molecule has 0 bridgehead atoms. The van der Waals surface area contributed by atoms with Gasteiger partial charge in [0.25, 0.3) is 0 Å². The molecule has 1 rings (SSSR count). The fourth-order valence-electron chi connectivity index (χ4n) is 0.657. The molecule has 0 aliphatic heterocycles. The van der Waals surface area contributed by atoms with Crippen molar-refractivity contribution >= 4 is 11.8 Å². The normalized spacial score (nSPS) is 12.1. The summed E-state index contributed by atoms with van der Waals surface area (Å²) in [7, 11) is 0. The van der Waals surface area contributed by atoms with Gasteiger partial charge in [0.2, 0.25) is 0 Å². The fraction of sp³-hybridized carbons (Fsp3) is 0.286. The first kappa shape index (κ1) is 8.45. The summed E-state index contributed by atoms with van der Waals surface area (Å²) in [6.07, 6.45) is 4.49. The lowest BCUT2D eigenvalue weighted by Crippen LogP contribution is -2.25. The molecule has 0 radical (unpaired) electrons. The van der Waals surface area contributed by atoms with Crippen LogP contribution in [0.5, 0.6) is 0 Å². The number of anilines is 1. The Balaban J connectivity index is 2.58. The van der Waals surface area contributed by atoms with Crippen LogP contribution in [-0.4, -0.2) is 27.1 Å². The zero-order valence-corrected chi connectivity index (χ0v) is 6.56. The SMILES string of the molecule is C[C@H](Nc1cnccn1)C(=O)O. The van der Waals surface area contributed by atoms with E-state index >= 15 is 0 Å². The van der Waals surface area contributed by atoms with Crippen LogP contribution < -0.4 is 5.32 Å². The molecule has 1 heterocycles. The van der Waals surface area contributed by atoms with E-state index in [4.69, 9.17) is 5.11 Å². The number of carboxylic acid groups (broad SMARTS) is 1. The summed E-state index contributed by atoms with van der Waals surface area (Å²) in [5.74, 6) is -0.451. The van der Waals surface area contributed by atoms with Gasteiger partial charge in [0.15, 0.2) is 0 Å². The van der Waals surface area contributed by atoms with Crippen LogP contribution >= 0.6 is 0 Å². The number of carboxylic acids is 1. The third-order valence-electron chi connectivity index (χ3n) is 1.30. The number of nitrogens with zero attached hydrogens (tertiary/aromatic N) is 2. The minimum Gasteiger partial charge on any atom is -0.480 e. The highest BCUT2D eigenvalue weighted by atomic mass is 16.4. The predicted molar refractivity (Wildman–Crippen MR) is 42.8 cm³/mol. The molecule has 0 aliphatic carbocycles. The highest BCUT2D eigenvalue weighted by molar-refractivity contribution is 5.76. The maximum Gasteiger partial charge on any atom is 0.325 e. The maximum absolute atomic E-state index is 10.4. The Morgan fingerprint density at radius 2 is 2.42 bits per heavy atom. The van der Waals surface area contributed by atoms with Gasteiger partial charge in [-0.2, -0.15) is 0 Å². The van der Waals surface area contributed by atoms with Gasteiger partial charge in [-0.3, -0.25) is 9.78 Å². The molecule has 0 unspecified atom stereocenters. The Morgan fingerprint density at radius 1 is 1.67 bits per heavy atom. The number of hydrogen-bond donors (Lipinski definition) is 2. The van der Waals surface area contributed by atoms with Gasteiger partial charge in [-0.1, -0.05) is 0 Å². The Morgan fingerprint density at radius 3 is 2.92 bits per heavy atom. The minimum absolute atomic E-state index is 0.465. The van der Waals surface area contributed by atoms with Gasteiger partial charge in [-0.15, -0.1) is 0 Å². The zero-order chi connectivity index (χ0) is 8.97. The van der Waals surface area contributed by atoms with Gasteiger partial charge in [-0.05, 0) is 6.92 Å². The highest BCUT2D eigenvalue weighted by Crippen LogP contribution is 1.99. The molecule has 0 aliphatic rings. The van der Waals surface area contributed by atoms with E-state index < -0.39 is 12.0 Å². The molecule has 0 aromatic carbocycles. The van der Waals surface area contributed by atoms with Crippen LogP contribution in [0.25, 0.3) is 0 Å². The summed E-state index contributed by atoms with van der Waals surface area (Å²) in [5, 5.41) is 11.2. The molecule has 5 heteroatoms. The van der Waals surface area contributed by atoms with Crippen molar-refractivity contribution in [3.8, 4) is 0 Å². The minimum atomic E-state index is -0.916. The molecule has 2 N–H and O–H groups in total. The predicted octanol–water partition coefficient (Wildman–Crippen LogP) is 0.362. The number of rotatable bonds is 3. The fourth-order valence-corrected chi connectivity index (χ4v) is 0.657.